The Morgan fingerprint density at radius 2 is 2.40 bits per heavy atom. The zero-order chi connectivity index (χ0) is 7.72. The largest absolute Gasteiger partial charge is 0.267 e. The van der Waals surface area contributed by atoms with Gasteiger partial charge in [-0.1, -0.05) is 6.58 Å². The maximum atomic E-state index is 4.05. The molecule has 0 amide bonds. The molecule has 1 aromatic rings. The van der Waals surface area contributed by atoms with Crippen molar-refractivity contribution >= 4 is 21.5 Å². The lowest BCUT2D eigenvalue weighted by atomic mass is 10.2. The Morgan fingerprint density at radius 3 is 2.60 bits per heavy atom. The zero-order valence-corrected chi connectivity index (χ0v) is 7.64. The maximum absolute atomic E-state index is 4.05. The standard InChI is InChI=1S/C7H9BrN2/c1-5(2)7-6(8)4-9-10(7)3/h4H,1H2,2-3H3. The van der Waals surface area contributed by atoms with Gasteiger partial charge >= 0.3 is 0 Å². The highest BCUT2D eigenvalue weighted by molar-refractivity contribution is 9.10. The van der Waals surface area contributed by atoms with Crippen molar-refractivity contribution in [1.82, 2.24) is 9.78 Å². The molecule has 0 atom stereocenters. The van der Waals surface area contributed by atoms with Gasteiger partial charge in [0.05, 0.1) is 16.4 Å². The highest BCUT2D eigenvalue weighted by Gasteiger charge is 2.04. The second-order valence-electron chi connectivity index (χ2n) is 2.25. The normalized spacial score (nSPS) is 9.90. The van der Waals surface area contributed by atoms with E-state index < -0.39 is 0 Å². The Labute approximate surface area is 68.7 Å². The van der Waals surface area contributed by atoms with Gasteiger partial charge in [-0.25, -0.2) is 0 Å². The number of allylic oxidation sites excluding steroid dienone is 1. The van der Waals surface area contributed by atoms with Gasteiger partial charge < -0.3 is 0 Å². The van der Waals surface area contributed by atoms with E-state index in [9.17, 15) is 0 Å². The molecule has 2 nitrogen and oxygen atoms in total. The van der Waals surface area contributed by atoms with Gasteiger partial charge in [0.25, 0.3) is 0 Å². The molecular formula is C7H9BrN2. The van der Waals surface area contributed by atoms with Crippen LogP contribution in [0.1, 0.15) is 12.6 Å². The summed E-state index contributed by atoms with van der Waals surface area (Å²) in [5.74, 6) is 0. The fraction of sp³-hybridized carbons (Fsp3) is 0.286. The van der Waals surface area contributed by atoms with Crippen molar-refractivity contribution in [3.05, 3.63) is 22.9 Å². The third kappa shape index (κ3) is 1.14. The van der Waals surface area contributed by atoms with Crippen LogP contribution in [0.15, 0.2) is 17.2 Å². The molecule has 0 aromatic carbocycles. The summed E-state index contributed by atoms with van der Waals surface area (Å²) in [5, 5.41) is 4.05. The van der Waals surface area contributed by atoms with Crippen molar-refractivity contribution in [3.63, 3.8) is 0 Å². The number of aromatic nitrogens is 2. The number of rotatable bonds is 1. The summed E-state index contributed by atoms with van der Waals surface area (Å²) < 4.78 is 2.80. The molecule has 0 saturated carbocycles. The van der Waals surface area contributed by atoms with Crippen molar-refractivity contribution in [2.75, 3.05) is 0 Å². The van der Waals surface area contributed by atoms with Crippen LogP contribution < -0.4 is 0 Å². The van der Waals surface area contributed by atoms with Gasteiger partial charge in [0.1, 0.15) is 0 Å². The molecule has 0 bridgehead atoms. The molecule has 54 valence electrons. The summed E-state index contributed by atoms with van der Waals surface area (Å²) in [6.07, 6.45) is 1.77. The van der Waals surface area contributed by atoms with Crippen molar-refractivity contribution in [1.29, 1.82) is 0 Å². The highest BCUT2D eigenvalue weighted by Crippen LogP contribution is 2.21. The van der Waals surface area contributed by atoms with Gasteiger partial charge in [0.2, 0.25) is 0 Å². The first-order chi connectivity index (χ1) is 4.63. The summed E-state index contributed by atoms with van der Waals surface area (Å²) in [6, 6.07) is 0. The fourth-order valence-corrected chi connectivity index (χ4v) is 1.58. The number of halogens is 1. The predicted molar refractivity (Wildman–Crippen MR) is 45.6 cm³/mol. The second kappa shape index (κ2) is 2.58. The molecule has 0 saturated heterocycles. The molecule has 0 aliphatic carbocycles. The van der Waals surface area contributed by atoms with E-state index in [0.717, 1.165) is 15.7 Å². The molecule has 0 unspecified atom stereocenters. The van der Waals surface area contributed by atoms with E-state index >= 15 is 0 Å². The summed E-state index contributed by atoms with van der Waals surface area (Å²) in [4.78, 5) is 0. The average molecular weight is 201 g/mol. The van der Waals surface area contributed by atoms with Gasteiger partial charge in [-0.15, -0.1) is 0 Å². The smallest absolute Gasteiger partial charge is 0.0772 e. The Kier molecular flexibility index (Phi) is 1.94. The minimum atomic E-state index is 1.00. The van der Waals surface area contributed by atoms with Gasteiger partial charge in [-0.05, 0) is 28.4 Å². The van der Waals surface area contributed by atoms with Crippen LogP contribution in [-0.2, 0) is 7.05 Å². The average Bonchev–Trinajstić information content (AvgIpc) is 2.11. The first-order valence-electron chi connectivity index (χ1n) is 2.96. The van der Waals surface area contributed by atoms with Gasteiger partial charge in [0.15, 0.2) is 0 Å². The molecule has 0 N–H and O–H groups in total. The van der Waals surface area contributed by atoms with E-state index in [-0.39, 0.29) is 0 Å². The third-order valence-electron chi connectivity index (χ3n) is 1.30. The predicted octanol–water partition coefficient (Wildman–Crippen LogP) is 2.22. The molecule has 0 aliphatic rings. The molecule has 10 heavy (non-hydrogen) atoms. The maximum Gasteiger partial charge on any atom is 0.0772 e. The minimum absolute atomic E-state index is 1.00. The van der Waals surface area contributed by atoms with Crippen LogP contribution in [0.5, 0.6) is 0 Å². The molecule has 3 heteroatoms. The van der Waals surface area contributed by atoms with E-state index in [2.05, 4.69) is 27.6 Å². The fourth-order valence-electron chi connectivity index (χ4n) is 0.891. The number of hydrogen-bond donors (Lipinski definition) is 0. The minimum Gasteiger partial charge on any atom is -0.267 e. The SMILES string of the molecule is C=C(C)c1c(Br)cnn1C. The molecule has 0 aliphatic heterocycles. The Hall–Kier alpha value is -0.570. The lowest BCUT2D eigenvalue weighted by Crippen LogP contribution is -1.94. The Balaban J connectivity index is 3.23. The first kappa shape index (κ1) is 7.54. The van der Waals surface area contributed by atoms with Gasteiger partial charge in [0, 0.05) is 7.05 Å². The van der Waals surface area contributed by atoms with Crippen molar-refractivity contribution in [2.24, 2.45) is 7.05 Å². The van der Waals surface area contributed by atoms with Crippen molar-refractivity contribution in [3.8, 4) is 0 Å². The summed E-state index contributed by atoms with van der Waals surface area (Å²) in [7, 11) is 1.90. The number of hydrogen-bond acceptors (Lipinski definition) is 1. The van der Waals surface area contributed by atoms with Crippen molar-refractivity contribution < 1.29 is 0 Å². The van der Waals surface area contributed by atoms with Crippen LogP contribution >= 0.6 is 15.9 Å². The van der Waals surface area contributed by atoms with E-state index in [1.807, 2.05) is 14.0 Å². The van der Waals surface area contributed by atoms with Crippen molar-refractivity contribution in [2.45, 2.75) is 6.92 Å². The van der Waals surface area contributed by atoms with Crippen LogP contribution in [0.3, 0.4) is 0 Å². The van der Waals surface area contributed by atoms with Gasteiger partial charge in [-0.2, -0.15) is 5.10 Å². The second-order valence-corrected chi connectivity index (χ2v) is 3.10. The molecule has 0 spiro atoms. The quantitative estimate of drug-likeness (QED) is 0.681. The number of aryl methyl sites for hydroxylation is 1. The molecule has 1 aromatic heterocycles. The summed E-state index contributed by atoms with van der Waals surface area (Å²) in [6.45, 7) is 5.79. The monoisotopic (exact) mass is 200 g/mol. The van der Waals surface area contributed by atoms with E-state index in [4.69, 9.17) is 0 Å². The summed E-state index contributed by atoms with van der Waals surface area (Å²) >= 11 is 3.37. The first-order valence-corrected chi connectivity index (χ1v) is 3.75. The topological polar surface area (TPSA) is 17.8 Å². The van der Waals surface area contributed by atoms with Gasteiger partial charge in [-0.3, -0.25) is 4.68 Å². The van der Waals surface area contributed by atoms with E-state index in [0.29, 0.717) is 0 Å². The number of nitrogens with zero attached hydrogens (tertiary/aromatic N) is 2. The van der Waals surface area contributed by atoms with Crippen LogP contribution in [0, 0.1) is 0 Å². The van der Waals surface area contributed by atoms with Crippen LogP contribution in [0.2, 0.25) is 0 Å². The molecule has 0 radical (unpaired) electrons. The molecule has 0 fully saturated rings. The Morgan fingerprint density at radius 1 is 1.80 bits per heavy atom. The van der Waals surface area contributed by atoms with Crippen LogP contribution in [0.25, 0.3) is 5.57 Å². The Bertz CT molecular complexity index is 243. The lowest BCUT2D eigenvalue weighted by Gasteiger charge is -1.99. The van der Waals surface area contributed by atoms with Crippen LogP contribution in [-0.4, -0.2) is 9.78 Å². The lowest BCUT2D eigenvalue weighted by molar-refractivity contribution is 0.755. The molecule has 1 rings (SSSR count). The van der Waals surface area contributed by atoms with E-state index in [1.165, 1.54) is 0 Å². The summed E-state index contributed by atoms with van der Waals surface area (Å²) in [5.41, 5.74) is 2.08. The van der Waals surface area contributed by atoms with Crippen LogP contribution in [0.4, 0.5) is 0 Å². The van der Waals surface area contributed by atoms with E-state index in [1.54, 1.807) is 10.9 Å². The third-order valence-corrected chi connectivity index (χ3v) is 1.88. The molecule has 1 heterocycles. The highest BCUT2D eigenvalue weighted by atomic mass is 79.9. The zero-order valence-electron chi connectivity index (χ0n) is 6.06. The molecular weight excluding hydrogens is 192 g/mol.